The van der Waals surface area contributed by atoms with E-state index in [1.807, 2.05) is 17.0 Å². The first kappa shape index (κ1) is 17.2. The highest BCUT2D eigenvalue weighted by Gasteiger charge is 2.31. The molecule has 1 unspecified atom stereocenters. The summed E-state index contributed by atoms with van der Waals surface area (Å²) in [6, 6.07) is 3.64. The SMILES string of the molecule is CC(C)COc1ncccc1C(=O)N1CCC(C2CCNC2)CC1. The van der Waals surface area contributed by atoms with E-state index in [9.17, 15) is 4.79 Å². The zero-order valence-electron chi connectivity index (χ0n) is 14.8. The van der Waals surface area contributed by atoms with Crippen LogP contribution in [-0.4, -0.2) is 48.6 Å². The fourth-order valence-electron chi connectivity index (χ4n) is 3.74. The van der Waals surface area contributed by atoms with Crippen molar-refractivity contribution >= 4 is 5.91 Å². The Morgan fingerprint density at radius 3 is 2.79 bits per heavy atom. The van der Waals surface area contributed by atoms with Crippen molar-refractivity contribution in [2.45, 2.75) is 33.1 Å². The number of nitrogens with one attached hydrogen (secondary N) is 1. The number of carbonyl (C=O) groups excluding carboxylic acids is 1. The molecule has 5 nitrogen and oxygen atoms in total. The number of likely N-dealkylation sites (tertiary alicyclic amines) is 1. The maximum atomic E-state index is 12.9. The molecule has 2 aliphatic heterocycles. The van der Waals surface area contributed by atoms with E-state index in [1.165, 1.54) is 6.42 Å². The van der Waals surface area contributed by atoms with E-state index in [0.717, 1.165) is 50.9 Å². The van der Waals surface area contributed by atoms with Gasteiger partial charge in [0.25, 0.3) is 5.91 Å². The number of hydrogen-bond donors (Lipinski definition) is 1. The molecular formula is C19H29N3O2. The highest BCUT2D eigenvalue weighted by Crippen LogP contribution is 2.30. The van der Waals surface area contributed by atoms with Gasteiger partial charge in [-0.15, -0.1) is 0 Å². The van der Waals surface area contributed by atoms with Crippen LogP contribution >= 0.6 is 0 Å². The summed E-state index contributed by atoms with van der Waals surface area (Å²) in [6.07, 6.45) is 5.20. The fourth-order valence-corrected chi connectivity index (χ4v) is 3.74. The number of pyridine rings is 1. The summed E-state index contributed by atoms with van der Waals surface area (Å²) in [5.41, 5.74) is 0.596. The van der Waals surface area contributed by atoms with Crippen molar-refractivity contribution in [3.63, 3.8) is 0 Å². The smallest absolute Gasteiger partial charge is 0.259 e. The van der Waals surface area contributed by atoms with Crippen molar-refractivity contribution in [2.24, 2.45) is 17.8 Å². The lowest BCUT2D eigenvalue weighted by Gasteiger charge is -2.34. The van der Waals surface area contributed by atoms with Gasteiger partial charge in [-0.2, -0.15) is 0 Å². The molecule has 2 fully saturated rings. The minimum Gasteiger partial charge on any atom is -0.477 e. The van der Waals surface area contributed by atoms with E-state index < -0.39 is 0 Å². The van der Waals surface area contributed by atoms with Gasteiger partial charge in [-0.05, 0) is 62.2 Å². The molecule has 1 atom stereocenters. The van der Waals surface area contributed by atoms with Gasteiger partial charge in [-0.25, -0.2) is 4.98 Å². The van der Waals surface area contributed by atoms with Crippen LogP contribution in [0.1, 0.15) is 43.5 Å². The summed E-state index contributed by atoms with van der Waals surface area (Å²) in [5, 5.41) is 3.45. The number of amides is 1. The van der Waals surface area contributed by atoms with Crippen LogP contribution in [-0.2, 0) is 0 Å². The lowest BCUT2D eigenvalue weighted by Crippen LogP contribution is -2.40. The predicted molar refractivity (Wildman–Crippen MR) is 94.2 cm³/mol. The van der Waals surface area contributed by atoms with Gasteiger partial charge in [-0.3, -0.25) is 4.79 Å². The minimum atomic E-state index is 0.0600. The minimum absolute atomic E-state index is 0.0600. The Morgan fingerprint density at radius 1 is 1.33 bits per heavy atom. The number of nitrogens with zero attached hydrogens (tertiary/aromatic N) is 2. The highest BCUT2D eigenvalue weighted by molar-refractivity contribution is 5.96. The summed E-state index contributed by atoms with van der Waals surface area (Å²) in [5.74, 6) is 2.49. The summed E-state index contributed by atoms with van der Waals surface area (Å²) in [6.45, 7) is 8.75. The van der Waals surface area contributed by atoms with E-state index in [0.29, 0.717) is 24.0 Å². The largest absolute Gasteiger partial charge is 0.477 e. The molecule has 1 aromatic heterocycles. The molecule has 0 aromatic carbocycles. The van der Waals surface area contributed by atoms with E-state index >= 15 is 0 Å². The zero-order valence-corrected chi connectivity index (χ0v) is 14.8. The van der Waals surface area contributed by atoms with Gasteiger partial charge in [0, 0.05) is 19.3 Å². The molecule has 2 saturated heterocycles. The molecule has 3 heterocycles. The molecule has 0 bridgehead atoms. The quantitative estimate of drug-likeness (QED) is 0.901. The number of ether oxygens (including phenoxy) is 1. The Balaban J connectivity index is 1.60. The van der Waals surface area contributed by atoms with Crippen molar-refractivity contribution in [3.05, 3.63) is 23.9 Å². The standard InChI is InChI=1S/C19H29N3O2/c1-14(2)13-24-18-17(4-3-8-21-18)19(23)22-10-6-15(7-11-22)16-5-9-20-12-16/h3-4,8,14-16,20H,5-7,9-13H2,1-2H3. The molecule has 2 aliphatic rings. The van der Waals surface area contributed by atoms with Crippen molar-refractivity contribution in [3.8, 4) is 5.88 Å². The Kier molecular flexibility index (Phi) is 5.72. The van der Waals surface area contributed by atoms with Gasteiger partial charge in [0.2, 0.25) is 5.88 Å². The molecule has 0 aliphatic carbocycles. The molecule has 1 aromatic rings. The molecular weight excluding hydrogens is 302 g/mol. The Hall–Kier alpha value is -1.62. The first-order valence-corrected chi connectivity index (χ1v) is 9.23. The van der Waals surface area contributed by atoms with E-state index in [2.05, 4.69) is 24.1 Å². The molecule has 0 radical (unpaired) electrons. The average molecular weight is 331 g/mol. The van der Waals surface area contributed by atoms with Gasteiger partial charge < -0.3 is 15.0 Å². The van der Waals surface area contributed by atoms with Gasteiger partial charge in [0.1, 0.15) is 5.56 Å². The van der Waals surface area contributed by atoms with Gasteiger partial charge in [0.05, 0.1) is 6.61 Å². The van der Waals surface area contributed by atoms with E-state index in [1.54, 1.807) is 6.20 Å². The second-order valence-corrected chi connectivity index (χ2v) is 7.44. The number of piperidine rings is 1. The number of hydrogen-bond acceptors (Lipinski definition) is 4. The maximum absolute atomic E-state index is 12.9. The summed E-state index contributed by atoms with van der Waals surface area (Å²) < 4.78 is 5.75. The highest BCUT2D eigenvalue weighted by atomic mass is 16.5. The van der Waals surface area contributed by atoms with Crippen LogP contribution < -0.4 is 10.1 Å². The lowest BCUT2D eigenvalue weighted by molar-refractivity contribution is 0.0657. The molecule has 132 valence electrons. The molecule has 24 heavy (non-hydrogen) atoms. The van der Waals surface area contributed by atoms with Gasteiger partial charge in [0.15, 0.2) is 0 Å². The number of carbonyl (C=O) groups is 1. The molecule has 0 spiro atoms. The molecule has 3 rings (SSSR count). The van der Waals surface area contributed by atoms with Gasteiger partial charge >= 0.3 is 0 Å². The predicted octanol–water partition coefficient (Wildman–Crippen LogP) is 2.58. The Bertz CT molecular complexity index is 547. The Morgan fingerprint density at radius 2 is 2.12 bits per heavy atom. The topological polar surface area (TPSA) is 54.5 Å². The van der Waals surface area contributed by atoms with Crippen molar-refractivity contribution in [2.75, 3.05) is 32.8 Å². The van der Waals surface area contributed by atoms with Crippen molar-refractivity contribution in [1.82, 2.24) is 15.2 Å². The second-order valence-electron chi connectivity index (χ2n) is 7.44. The second kappa shape index (κ2) is 7.97. The third-order valence-electron chi connectivity index (χ3n) is 5.15. The lowest BCUT2D eigenvalue weighted by atomic mass is 9.83. The summed E-state index contributed by atoms with van der Waals surface area (Å²) >= 11 is 0. The number of rotatable bonds is 5. The average Bonchev–Trinajstić information content (AvgIpc) is 3.14. The normalized spacial score (nSPS) is 22.1. The van der Waals surface area contributed by atoms with Crippen molar-refractivity contribution in [1.29, 1.82) is 0 Å². The number of aromatic nitrogens is 1. The monoisotopic (exact) mass is 331 g/mol. The van der Waals surface area contributed by atoms with Crippen LogP contribution in [0.25, 0.3) is 0 Å². The molecule has 1 N–H and O–H groups in total. The van der Waals surface area contributed by atoms with Crippen molar-refractivity contribution < 1.29 is 9.53 Å². The third kappa shape index (κ3) is 4.07. The van der Waals surface area contributed by atoms with Crippen LogP contribution in [0, 0.1) is 17.8 Å². The van der Waals surface area contributed by atoms with Crippen LogP contribution in [0.4, 0.5) is 0 Å². The summed E-state index contributed by atoms with van der Waals surface area (Å²) in [4.78, 5) is 19.1. The van der Waals surface area contributed by atoms with Crippen LogP contribution in [0.3, 0.4) is 0 Å². The Labute approximate surface area is 144 Å². The summed E-state index contributed by atoms with van der Waals surface area (Å²) in [7, 11) is 0. The molecule has 1 amide bonds. The maximum Gasteiger partial charge on any atom is 0.259 e. The zero-order chi connectivity index (χ0) is 16.9. The van der Waals surface area contributed by atoms with E-state index in [-0.39, 0.29) is 5.91 Å². The van der Waals surface area contributed by atoms with E-state index in [4.69, 9.17) is 4.74 Å². The fraction of sp³-hybridized carbons (Fsp3) is 0.684. The third-order valence-corrected chi connectivity index (χ3v) is 5.15. The molecule has 0 saturated carbocycles. The van der Waals surface area contributed by atoms with Gasteiger partial charge in [-0.1, -0.05) is 13.8 Å². The first-order chi connectivity index (χ1) is 11.6. The van der Waals surface area contributed by atoms with Crippen LogP contribution in [0.2, 0.25) is 0 Å². The van der Waals surface area contributed by atoms with Crippen LogP contribution in [0.15, 0.2) is 18.3 Å². The van der Waals surface area contributed by atoms with Crippen LogP contribution in [0.5, 0.6) is 5.88 Å². The molecule has 5 heteroatoms. The first-order valence-electron chi connectivity index (χ1n) is 9.23.